The molecule has 6 nitrogen and oxygen atoms in total. The first-order valence-electron chi connectivity index (χ1n) is 10.3. The molecule has 164 valence electrons. The van der Waals surface area contributed by atoms with Crippen LogP contribution in [0.4, 0.5) is 0 Å². The quantitative estimate of drug-likeness (QED) is 0.470. The van der Waals surface area contributed by atoms with Crippen molar-refractivity contribution in [2.75, 3.05) is 21.2 Å². The molecule has 0 aliphatic carbocycles. The number of nitrogens with zero attached hydrogens (tertiary/aromatic N) is 1. The van der Waals surface area contributed by atoms with Crippen molar-refractivity contribution in [3.8, 4) is 0 Å². The van der Waals surface area contributed by atoms with E-state index in [2.05, 4.69) is 5.32 Å². The third-order valence-electron chi connectivity index (χ3n) is 4.79. The second-order valence-electron chi connectivity index (χ2n) is 7.45. The SMILES string of the molecule is COC(=O)C(Cc1ccccc1)NC(=O)c1cccc(/C=C/CCCC(=O)N(C)C)c1. The van der Waals surface area contributed by atoms with E-state index in [1.807, 2.05) is 48.6 Å². The molecule has 0 heterocycles. The van der Waals surface area contributed by atoms with Gasteiger partial charge in [0, 0.05) is 32.5 Å². The predicted octanol–water partition coefficient (Wildman–Crippen LogP) is 3.47. The minimum Gasteiger partial charge on any atom is -0.467 e. The molecular formula is C25H30N2O4. The zero-order chi connectivity index (χ0) is 22.6. The molecule has 2 rings (SSSR count). The van der Waals surface area contributed by atoms with E-state index in [9.17, 15) is 14.4 Å². The Morgan fingerprint density at radius 3 is 2.48 bits per heavy atom. The third kappa shape index (κ3) is 8.09. The Bertz CT molecular complexity index is 907. The molecule has 2 aromatic carbocycles. The molecule has 0 saturated heterocycles. The highest BCUT2D eigenvalue weighted by molar-refractivity contribution is 5.97. The van der Waals surface area contributed by atoms with Gasteiger partial charge < -0.3 is 15.0 Å². The van der Waals surface area contributed by atoms with Crippen molar-refractivity contribution in [3.63, 3.8) is 0 Å². The zero-order valence-electron chi connectivity index (χ0n) is 18.3. The Labute approximate surface area is 183 Å². The Kier molecular flexibility index (Phi) is 9.49. The van der Waals surface area contributed by atoms with E-state index < -0.39 is 12.0 Å². The molecule has 0 aromatic heterocycles. The summed E-state index contributed by atoms with van der Waals surface area (Å²) in [7, 11) is 4.81. The number of nitrogens with one attached hydrogen (secondary N) is 1. The molecule has 0 spiro atoms. The van der Waals surface area contributed by atoms with Gasteiger partial charge in [-0.05, 0) is 36.1 Å². The van der Waals surface area contributed by atoms with Crippen LogP contribution in [-0.2, 0) is 20.7 Å². The van der Waals surface area contributed by atoms with Gasteiger partial charge in [-0.15, -0.1) is 0 Å². The number of amides is 2. The first kappa shape index (κ1) is 23.9. The van der Waals surface area contributed by atoms with E-state index in [0.29, 0.717) is 18.4 Å². The monoisotopic (exact) mass is 422 g/mol. The van der Waals surface area contributed by atoms with Crippen LogP contribution < -0.4 is 5.32 Å². The van der Waals surface area contributed by atoms with Crippen molar-refractivity contribution in [1.29, 1.82) is 0 Å². The van der Waals surface area contributed by atoms with Gasteiger partial charge in [0.1, 0.15) is 6.04 Å². The second kappa shape index (κ2) is 12.3. The van der Waals surface area contributed by atoms with Gasteiger partial charge in [0.05, 0.1) is 7.11 Å². The number of esters is 1. The number of unbranched alkanes of at least 4 members (excludes halogenated alkanes) is 1. The molecule has 0 saturated carbocycles. The van der Waals surface area contributed by atoms with Crippen LogP contribution in [-0.4, -0.2) is 49.9 Å². The molecule has 1 N–H and O–H groups in total. The van der Waals surface area contributed by atoms with Crippen molar-refractivity contribution >= 4 is 23.9 Å². The van der Waals surface area contributed by atoms with Gasteiger partial charge in [0.2, 0.25) is 5.91 Å². The molecule has 0 aliphatic rings. The topological polar surface area (TPSA) is 75.7 Å². The number of methoxy groups -OCH3 is 1. The number of carbonyl (C=O) groups is 3. The second-order valence-corrected chi connectivity index (χ2v) is 7.45. The number of carbonyl (C=O) groups excluding carboxylic acids is 3. The van der Waals surface area contributed by atoms with Gasteiger partial charge in [0.25, 0.3) is 5.91 Å². The lowest BCUT2D eigenvalue weighted by molar-refractivity contribution is -0.142. The fourth-order valence-corrected chi connectivity index (χ4v) is 3.02. The van der Waals surface area contributed by atoms with E-state index in [-0.39, 0.29) is 11.8 Å². The standard InChI is InChI=1S/C25H30N2O4/c1-27(2)23(28)16-9-5-8-11-19-14-10-15-21(17-19)24(29)26-22(25(30)31-3)18-20-12-6-4-7-13-20/h4,6-8,10-15,17,22H,5,9,16,18H2,1-3H3,(H,26,29)/b11-8+. The van der Waals surface area contributed by atoms with Gasteiger partial charge in [-0.25, -0.2) is 4.79 Å². The van der Waals surface area contributed by atoms with Gasteiger partial charge in [-0.2, -0.15) is 0 Å². The molecule has 6 heteroatoms. The van der Waals surface area contributed by atoms with Crippen LogP contribution in [0.3, 0.4) is 0 Å². The van der Waals surface area contributed by atoms with Gasteiger partial charge in [-0.1, -0.05) is 54.6 Å². The Morgan fingerprint density at radius 2 is 1.81 bits per heavy atom. The summed E-state index contributed by atoms with van der Waals surface area (Å²) in [5.74, 6) is -0.707. The number of hydrogen-bond acceptors (Lipinski definition) is 4. The van der Waals surface area contributed by atoms with E-state index in [1.165, 1.54) is 7.11 Å². The molecule has 1 unspecified atom stereocenters. The Morgan fingerprint density at radius 1 is 1.06 bits per heavy atom. The average molecular weight is 423 g/mol. The van der Waals surface area contributed by atoms with Crippen molar-refractivity contribution in [2.24, 2.45) is 0 Å². The maximum Gasteiger partial charge on any atom is 0.328 e. The van der Waals surface area contributed by atoms with Crippen molar-refractivity contribution in [2.45, 2.75) is 31.7 Å². The summed E-state index contributed by atoms with van der Waals surface area (Å²) in [6, 6.07) is 15.9. The summed E-state index contributed by atoms with van der Waals surface area (Å²) in [5, 5.41) is 2.78. The van der Waals surface area contributed by atoms with Crippen LogP contribution in [0, 0.1) is 0 Å². The third-order valence-corrected chi connectivity index (χ3v) is 4.79. The minimum atomic E-state index is -0.770. The molecule has 31 heavy (non-hydrogen) atoms. The van der Waals surface area contributed by atoms with Crippen LogP contribution in [0.2, 0.25) is 0 Å². The van der Waals surface area contributed by atoms with E-state index >= 15 is 0 Å². The van der Waals surface area contributed by atoms with E-state index in [4.69, 9.17) is 4.74 Å². The number of hydrogen-bond donors (Lipinski definition) is 1. The lowest BCUT2D eigenvalue weighted by atomic mass is 10.0. The highest BCUT2D eigenvalue weighted by Gasteiger charge is 2.22. The predicted molar refractivity (Wildman–Crippen MR) is 121 cm³/mol. The lowest BCUT2D eigenvalue weighted by Gasteiger charge is -2.17. The van der Waals surface area contributed by atoms with Gasteiger partial charge >= 0.3 is 5.97 Å². The number of benzene rings is 2. The largest absolute Gasteiger partial charge is 0.467 e. The highest BCUT2D eigenvalue weighted by atomic mass is 16.5. The lowest BCUT2D eigenvalue weighted by Crippen LogP contribution is -2.43. The van der Waals surface area contributed by atoms with Crippen molar-refractivity contribution in [3.05, 3.63) is 77.4 Å². The first-order valence-corrected chi connectivity index (χ1v) is 10.3. The Balaban J connectivity index is 1.98. The molecule has 2 amide bonds. The molecular weight excluding hydrogens is 392 g/mol. The fraction of sp³-hybridized carbons (Fsp3) is 0.320. The summed E-state index contributed by atoms with van der Waals surface area (Å²) < 4.78 is 4.86. The minimum absolute atomic E-state index is 0.114. The average Bonchev–Trinajstić information content (AvgIpc) is 2.78. The number of ether oxygens (including phenoxy) is 1. The summed E-state index contributed by atoms with van der Waals surface area (Å²) in [4.78, 5) is 38.1. The van der Waals surface area contributed by atoms with Crippen LogP contribution in [0.1, 0.15) is 40.7 Å². The Hall–Kier alpha value is -3.41. The summed E-state index contributed by atoms with van der Waals surface area (Å²) in [6.45, 7) is 0. The van der Waals surface area contributed by atoms with Crippen LogP contribution >= 0.6 is 0 Å². The van der Waals surface area contributed by atoms with Crippen LogP contribution in [0.15, 0.2) is 60.7 Å². The van der Waals surface area contributed by atoms with Gasteiger partial charge in [0.15, 0.2) is 0 Å². The number of allylic oxidation sites excluding steroid dienone is 1. The summed E-state index contributed by atoms with van der Waals surface area (Å²) >= 11 is 0. The number of rotatable bonds is 10. The maximum atomic E-state index is 12.7. The van der Waals surface area contributed by atoms with Gasteiger partial charge in [-0.3, -0.25) is 9.59 Å². The maximum absolute atomic E-state index is 12.7. The van der Waals surface area contributed by atoms with Crippen LogP contribution in [0.5, 0.6) is 0 Å². The molecule has 0 bridgehead atoms. The summed E-state index contributed by atoms with van der Waals surface area (Å²) in [5.41, 5.74) is 2.28. The zero-order valence-corrected chi connectivity index (χ0v) is 18.3. The van der Waals surface area contributed by atoms with Crippen LogP contribution in [0.25, 0.3) is 6.08 Å². The normalized spacial score (nSPS) is 11.7. The van der Waals surface area contributed by atoms with E-state index in [0.717, 1.165) is 24.0 Å². The molecule has 0 radical (unpaired) electrons. The van der Waals surface area contributed by atoms with Crippen molar-refractivity contribution in [1.82, 2.24) is 10.2 Å². The van der Waals surface area contributed by atoms with Crippen molar-refractivity contribution < 1.29 is 19.1 Å². The highest BCUT2D eigenvalue weighted by Crippen LogP contribution is 2.11. The smallest absolute Gasteiger partial charge is 0.328 e. The molecule has 0 fully saturated rings. The first-order chi connectivity index (χ1) is 14.9. The fourth-order valence-electron chi connectivity index (χ4n) is 3.02. The molecule has 0 aliphatic heterocycles. The molecule has 2 aromatic rings. The molecule has 1 atom stereocenters. The van der Waals surface area contributed by atoms with E-state index in [1.54, 1.807) is 37.2 Å². The summed E-state index contributed by atoms with van der Waals surface area (Å²) in [6.07, 6.45) is 6.33.